The summed E-state index contributed by atoms with van der Waals surface area (Å²) in [6.45, 7) is 2.97. The highest BCUT2D eigenvalue weighted by Gasteiger charge is 2.26. The fraction of sp³-hybridized carbons (Fsp3) is 0.250. The van der Waals surface area contributed by atoms with Gasteiger partial charge in [0, 0.05) is 0 Å². The van der Waals surface area contributed by atoms with E-state index in [1.165, 1.54) is 0 Å². The zero-order chi connectivity index (χ0) is 14.9. The number of benzene rings is 2. The number of para-hydroxylation sites is 1. The van der Waals surface area contributed by atoms with Crippen LogP contribution >= 0.6 is 0 Å². The van der Waals surface area contributed by atoms with Gasteiger partial charge < -0.3 is 9.47 Å². The molecule has 1 saturated heterocycles. The lowest BCUT2D eigenvalue weighted by atomic mass is 10.2. The zero-order valence-electron chi connectivity index (χ0n) is 11.7. The minimum absolute atomic E-state index is 0.0835. The molecule has 0 aromatic heterocycles. The topological polar surface area (TPSA) is 55.9 Å². The van der Waals surface area contributed by atoms with Gasteiger partial charge in [-0.2, -0.15) is 0 Å². The molecule has 3 rings (SSSR count). The van der Waals surface area contributed by atoms with Crippen LogP contribution in [-0.2, 0) is 14.6 Å². The molecule has 1 aliphatic rings. The number of epoxide rings is 1. The molecule has 110 valence electrons. The average Bonchev–Trinajstić information content (AvgIpc) is 3.30. The van der Waals surface area contributed by atoms with E-state index in [9.17, 15) is 8.42 Å². The molecule has 21 heavy (non-hydrogen) atoms. The summed E-state index contributed by atoms with van der Waals surface area (Å²) in [5, 5.41) is 0. The largest absolute Gasteiger partial charge is 0.489 e. The van der Waals surface area contributed by atoms with Crippen LogP contribution in [-0.4, -0.2) is 27.7 Å². The maximum Gasteiger partial charge on any atom is 0.210 e. The van der Waals surface area contributed by atoms with E-state index < -0.39 is 9.84 Å². The quantitative estimate of drug-likeness (QED) is 0.797. The van der Waals surface area contributed by atoms with E-state index in [1.807, 2.05) is 6.92 Å². The summed E-state index contributed by atoms with van der Waals surface area (Å²) in [5.41, 5.74) is 1.02. The molecular weight excluding hydrogens is 288 g/mol. The Morgan fingerprint density at radius 2 is 1.81 bits per heavy atom. The Hall–Kier alpha value is -1.85. The molecule has 4 nitrogen and oxygen atoms in total. The first-order chi connectivity index (χ1) is 10.1. The van der Waals surface area contributed by atoms with Gasteiger partial charge in [0.05, 0.1) is 11.5 Å². The van der Waals surface area contributed by atoms with Crippen molar-refractivity contribution in [1.82, 2.24) is 0 Å². The van der Waals surface area contributed by atoms with Gasteiger partial charge in [-0.3, -0.25) is 0 Å². The monoisotopic (exact) mass is 304 g/mol. The first kappa shape index (κ1) is 14.1. The van der Waals surface area contributed by atoms with E-state index in [2.05, 4.69) is 0 Å². The minimum Gasteiger partial charge on any atom is -0.489 e. The Bertz CT molecular complexity index is 731. The van der Waals surface area contributed by atoms with Crippen LogP contribution in [0.15, 0.2) is 58.3 Å². The Morgan fingerprint density at radius 3 is 2.48 bits per heavy atom. The maximum atomic E-state index is 12.7. The molecule has 1 aliphatic heterocycles. The van der Waals surface area contributed by atoms with Crippen molar-refractivity contribution in [2.45, 2.75) is 22.8 Å². The van der Waals surface area contributed by atoms with E-state index in [-0.39, 0.29) is 15.9 Å². The van der Waals surface area contributed by atoms with Crippen molar-refractivity contribution < 1.29 is 17.9 Å². The van der Waals surface area contributed by atoms with Gasteiger partial charge >= 0.3 is 0 Å². The Balaban J connectivity index is 1.95. The van der Waals surface area contributed by atoms with Gasteiger partial charge in [-0.05, 0) is 31.2 Å². The van der Waals surface area contributed by atoms with Crippen LogP contribution in [0.2, 0.25) is 0 Å². The molecule has 1 heterocycles. The second kappa shape index (κ2) is 5.50. The number of aryl methyl sites for hydroxylation is 1. The van der Waals surface area contributed by atoms with Gasteiger partial charge in [-0.15, -0.1) is 0 Å². The molecule has 0 amide bonds. The fourth-order valence-electron chi connectivity index (χ4n) is 1.98. The van der Waals surface area contributed by atoms with Crippen LogP contribution < -0.4 is 4.74 Å². The fourth-order valence-corrected chi connectivity index (χ4v) is 3.38. The predicted molar refractivity (Wildman–Crippen MR) is 78.3 cm³/mol. The van der Waals surface area contributed by atoms with Crippen LogP contribution in [0.5, 0.6) is 5.75 Å². The Kier molecular flexibility index (Phi) is 3.69. The maximum absolute atomic E-state index is 12.7. The third-order valence-corrected chi connectivity index (χ3v) is 5.11. The van der Waals surface area contributed by atoms with E-state index in [0.717, 1.165) is 5.56 Å². The van der Waals surface area contributed by atoms with Gasteiger partial charge in [0.25, 0.3) is 0 Å². The highest BCUT2D eigenvalue weighted by atomic mass is 32.2. The third-order valence-electron chi connectivity index (χ3n) is 3.30. The van der Waals surface area contributed by atoms with E-state index in [0.29, 0.717) is 19.0 Å². The molecule has 0 bridgehead atoms. The zero-order valence-corrected chi connectivity index (χ0v) is 12.5. The standard InChI is InChI=1S/C16H16O4S/c1-12-6-8-14(9-7-12)21(17,18)16-5-3-2-4-15(16)20-11-13-10-19-13/h2-9,13H,10-11H2,1H3. The SMILES string of the molecule is Cc1ccc(S(=O)(=O)c2ccccc2OCC2CO2)cc1. The molecule has 1 atom stereocenters. The van der Waals surface area contributed by atoms with Crippen LogP contribution in [0.3, 0.4) is 0 Å². The van der Waals surface area contributed by atoms with Crippen molar-refractivity contribution in [3.63, 3.8) is 0 Å². The minimum atomic E-state index is -3.58. The summed E-state index contributed by atoms with van der Waals surface area (Å²) in [6.07, 6.45) is 0.0835. The normalized spacial score (nSPS) is 17.5. The molecule has 2 aromatic rings. The van der Waals surface area contributed by atoms with Crippen LogP contribution in [0.1, 0.15) is 5.56 Å². The lowest BCUT2D eigenvalue weighted by Crippen LogP contribution is -2.09. The van der Waals surface area contributed by atoms with Crippen molar-refractivity contribution in [3.8, 4) is 5.75 Å². The van der Waals surface area contributed by atoms with Crippen molar-refractivity contribution in [3.05, 3.63) is 54.1 Å². The summed E-state index contributed by atoms with van der Waals surface area (Å²) in [7, 11) is -3.58. The smallest absolute Gasteiger partial charge is 0.210 e. The third kappa shape index (κ3) is 3.09. The summed E-state index contributed by atoms with van der Waals surface area (Å²) >= 11 is 0. The molecular formula is C16H16O4S. The van der Waals surface area contributed by atoms with Crippen molar-refractivity contribution in [2.24, 2.45) is 0 Å². The Labute approximate surface area is 124 Å². The lowest BCUT2D eigenvalue weighted by molar-refractivity contribution is 0.258. The predicted octanol–water partition coefficient (Wildman–Crippen LogP) is 2.61. The average molecular weight is 304 g/mol. The molecule has 1 unspecified atom stereocenters. The number of rotatable bonds is 5. The highest BCUT2D eigenvalue weighted by Crippen LogP contribution is 2.30. The van der Waals surface area contributed by atoms with Crippen molar-refractivity contribution >= 4 is 9.84 Å². The van der Waals surface area contributed by atoms with E-state index in [4.69, 9.17) is 9.47 Å². The summed E-state index contributed by atoms with van der Waals surface area (Å²) in [5.74, 6) is 0.369. The van der Waals surface area contributed by atoms with Crippen LogP contribution in [0.25, 0.3) is 0 Å². The van der Waals surface area contributed by atoms with Crippen molar-refractivity contribution in [2.75, 3.05) is 13.2 Å². The second-order valence-electron chi connectivity index (χ2n) is 5.03. The van der Waals surface area contributed by atoms with Gasteiger partial charge in [-0.25, -0.2) is 8.42 Å². The molecule has 0 radical (unpaired) electrons. The lowest BCUT2D eigenvalue weighted by Gasteiger charge is -2.11. The summed E-state index contributed by atoms with van der Waals surface area (Å²) in [6, 6.07) is 13.5. The van der Waals surface area contributed by atoms with E-state index >= 15 is 0 Å². The molecule has 0 spiro atoms. The van der Waals surface area contributed by atoms with Gasteiger partial charge in [0.1, 0.15) is 23.4 Å². The van der Waals surface area contributed by atoms with Gasteiger partial charge in [0.2, 0.25) is 9.84 Å². The number of ether oxygens (including phenoxy) is 2. The summed E-state index contributed by atoms with van der Waals surface area (Å²) in [4.78, 5) is 0.460. The summed E-state index contributed by atoms with van der Waals surface area (Å²) < 4.78 is 36.1. The highest BCUT2D eigenvalue weighted by molar-refractivity contribution is 7.91. The molecule has 1 fully saturated rings. The van der Waals surface area contributed by atoms with Gasteiger partial charge in [0.15, 0.2) is 0 Å². The molecule has 0 N–H and O–H groups in total. The molecule has 2 aromatic carbocycles. The molecule has 0 aliphatic carbocycles. The molecule has 0 saturated carbocycles. The number of hydrogen-bond donors (Lipinski definition) is 0. The van der Waals surface area contributed by atoms with Crippen LogP contribution in [0, 0.1) is 6.92 Å². The molecule has 5 heteroatoms. The van der Waals surface area contributed by atoms with E-state index in [1.54, 1.807) is 48.5 Å². The first-order valence-electron chi connectivity index (χ1n) is 6.72. The van der Waals surface area contributed by atoms with Crippen molar-refractivity contribution in [1.29, 1.82) is 0 Å². The Morgan fingerprint density at radius 1 is 1.14 bits per heavy atom. The first-order valence-corrected chi connectivity index (χ1v) is 8.21. The van der Waals surface area contributed by atoms with Gasteiger partial charge in [-0.1, -0.05) is 29.8 Å². The second-order valence-corrected chi connectivity index (χ2v) is 6.95. The number of hydrogen-bond acceptors (Lipinski definition) is 4. The van der Waals surface area contributed by atoms with Crippen LogP contribution in [0.4, 0.5) is 0 Å². The number of sulfone groups is 1.